The molecule has 0 amide bonds. The van der Waals surface area contributed by atoms with Crippen LogP contribution >= 0.6 is 31.9 Å². The van der Waals surface area contributed by atoms with Crippen LogP contribution in [0.15, 0.2) is 45.3 Å². The van der Waals surface area contributed by atoms with E-state index in [1.807, 2.05) is 36.4 Å². The minimum atomic E-state index is -0.354. The van der Waals surface area contributed by atoms with Gasteiger partial charge in [0.15, 0.2) is 0 Å². The first kappa shape index (κ1) is 17.3. The second-order valence-electron chi connectivity index (χ2n) is 4.84. The molecule has 6 heteroatoms. The molecular formula is C16H18Br2N2O2. The second kappa shape index (κ2) is 7.46. The number of ether oxygens (including phenoxy) is 2. The molecule has 0 spiro atoms. The molecule has 0 aliphatic heterocycles. The SMILES string of the molecule is COc1cc(C(N)C(N)c2ccc(Br)c(OC)c2)ccc1Br. The predicted octanol–water partition coefficient (Wildman–Crippen LogP) is 3.93. The molecule has 2 aromatic rings. The highest BCUT2D eigenvalue weighted by Gasteiger charge is 2.19. The molecule has 0 saturated carbocycles. The number of methoxy groups -OCH3 is 2. The second-order valence-corrected chi connectivity index (χ2v) is 6.55. The molecule has 0 radical (unpaired) electrons. The molecule has 0 saturated heterocycles. The Kier molecular flexibility index (Phi) is 5.86. The highest BCUT2D eigenvalue weighted by Crippen LogP contribution is 2.34. The van der Waals surface area contributed by atoms with Gasteiger partial charge in [0.05, 0.1) is 23.2 Å². The zero-order valence-corrected chi connectivity index (χ0v) is 15.5. The first-order chi connectivity index (χ1) is 10.5. The van der Waals surface area contributed by atoms with E-state index >= 15 is 0 Å². The molecule has 118 valence electrons. The van der Waals surface area contributed by atoms with Crippen molar-refractivity contribution in [2.24, 2.45) is 11.5 Å². The summed E-state index contributed by atoms with van der Waals surface area (Å²) in [4.78, 5) is 0. The van der Waals surface area contributed by atoms with Crippen molar-refractivity contribution in [1.82, 2.24) is 0 Å². The van der Waals surface area contributed by atoms with Crippen LogP contribution in [0.2, 0.25) is 0 Å². The lowest BCUT2D eigenvalue weighted by Gasteiger charge is -2.22. The fourth-order valence-corrected chi connectivity index (χ4v) is 3.00. The third-order valence-corrected chi connectivity index (χ3v) is 4.82. The summed E-state index contributed by atoms with van der Waals surface area (Å²) >= 11 is 6.86. The van der Waals surface area contributed by atoms with Crippen LogP contribution in [0.5, 0.6) is 11.5 Å². The predicted molar refractivity (Wildman–Crippen MR) is 95.2 cm³/mol. The van der Waals surface area contributed by atoms with Crippen LogP contribution in [0.4, 0.5) is 0 Å². The molecule has 2 atom stereocenters. The minimum Gasteiger partial charge on any atom is -0.496 e. The number of benzene rings is 2. The quantitative estimate of drug-likeness (QED) is 0.755. The van der Waals surface area contributed by atoms with Gasteiger partial charge in [-0.1, -0.05) is 12.1 Å². The Labute approximate surface area is 147 Å². The molecule has 0 fully saturated rings. The lowest BCUT2D eigenvalue weighted by Crippen LogP contribution is -2.26. The van der Waals surface area contributed by atoms with Crippen molar-refractivity contribution < 1.29 is 9.47 Å². The van der Waals surface area contributed by atoms with E-state index in [1.165, 1.54) is 0 Å². The third-order valence-electron chi connectivity index (χ3n) is 3.51. The average molecular weight is 430 g/mol. The topological polar surface area (TPSA) is 70.5 Å². The fraction of sp³-hybridized carbons (Fsp3) is 0.250. The van der Waals surface area contributed by atoms with Gasteiger partial charge in [-0.15, -0.1) is 0 Å². The van der Waals surface area contributed by atoms with Crippen molar-refractivity contribution in [3.8, 4) is 11.5 Å². The van der Waals surface area contributed by atoms with Crippen molar-refractivity contribution in [3.63, 3.8) is 0 Å². The summed E-state index contributed by atoms with van der Waals surface area (Å²) < 4.78 is 12.4. The molecule has 0 aromatic heterocycles. The maximum absolute atomic E-state index is 6.33. The van der Waals surface area contributed by atoms with Gasteiger partial charge in [-0.05, 0) is 67.3 Å². The monoisotopic (exact) mass is 428 g/mol. The highest BCUT2D eigenvalue weighted by molar-refractivity contribution is 9.10. The first-order valence-electron chi connectivity index (χ1n) is 6.66. The molecule has 2 rings (SSSR count). The standard InChI is InChI=1S/C16H18Br2N2O2/c1-21-13-7-9(3-5-11(13)17)15(19)16(20)10-4-6-12(18)14(8-10)22-2/h3-8,15-16H,19-20H2,1-2H3. The molecule has 0 heterocycles. The summed E-state index contributed by atoms with van der Waals surface area (Å²) in [5, 5.41) is 0. The van der Waals surface area contributed by atoms with E-state index in [1.54, 1.807) is 14.2 Å². The van der Waals surface area contributed by atoms with Crippen molar-refractivity contribution in [2.75, 3.05) is 14.2 Å². The normalized spacial score (nSPS) is 13.5. The van der Waals surface area contributed by atoms with E-state index in [0.717, 1.165) is 31.6 Å². The summed E-state index contributed by atoms with van der Waals surface area (Å²) in [6.45, 7) is 0. The number of hydrogen-bond acceptors (Lipinski definition) is 4. The fourth-order valence-electron chi connectivity index (χ4n) is 2.18. The van der Waals surface area contributed by atoms with E-state index in [9.17, 15) is 0 Å². The maximum Gasteiger partial charge on any atom is 0.133 e. The van der Waals surface area contributed by atoms with Crippen molar-refractivity contribution in [3.05, 3.63) is 56.5 Å². The summed E-state index contributed by atoms with van der Waals surface area (Å²) in [7, 11) is 3.24. The Bertz CT molecular complexity index is 607. The number of halogens is 2. The molecule has 0 aliphatic carbocycles. The Morgan fingerprint density at radius 3 is 1.45 bits per heavy atom. The molecule has 4 N–H and O–H groups in total. The van der Waals surface area contributed by atoms with Crippen LogP contribution in [-0.2, 0) is 0 Å². The molecule has 4 nitrogen and oxygen atoms in total. The highest BCUT2D eigenvalue weighted by atomic mass is 79.9. The van der Waals surface area contributed by atoms with Crippen LogP contribution < -0.4 is 20.9 Å². The van der Waals surface area contributed by atoms with E-state index in [-0.39, 0.29) is 12.1 Å². The molecule has 2 aromatic carbocycles. The summed E-state index contributed by atoms with van der Waals surface area (Å²) in [5.41, 5.74) is 14.5. The van der Waals surface area contributed by atoms with Gasteiger partial charge < -0.3 is 20.9 Å². The lowest BCUT2D eigenvalue weighted by molar-refractivity contribution is 0.409. The Hall–Kier alpha value is -1.08. The summed E-state index contributed by atoms with van der Waals surface area (Å²) in [6.07, 6.45) is 0. The maximum atomic E-state index is 6.33. The van der Waals surface area contributed by atoms with Gasteiger partial charge in [0, 0.05) is 12.1 Å². The van der Waals surface area contributed by atoms with Crippen LogP contribution in [0.25, 0.3) is 0 Å². The van der Waals surface area contributed by atoms with Gasteiger partial charge in [0.2, 0.25) is 0 Å². The Morgan fingerprint density at radius 1 is 0.773 bits per heavy atom. The zero-order chi connectivity index (χ0) is 16.3. The van der Waals surface area contributed by atoms with Crippen molar-refractivity contribution in [2.45, 2.75) is 12.1 Å². The van der Waals surface area contributed by atoms with Crippen LogP contribution in [-0.4, -0.2) is 14.2 Å². The smallest absolute Gasteiger partial charge is 0.133 e. The molecule has 0 bridgehead atoms. The molecule has 2 unspecified atom stereocenters. The van der Waals surface area contributed by atoms with E-state index in [0.29, 0.717) is 0 Å². The van der Waals surface area contributed by atoms with E-state index < -0.39 is 0 Å². The van der Waals surface area contributed by atoms with Gasteiger partial charge in [-0.2, -0.15) is 0 Å². The van der Waals surface area contributed by atoms with Gasteiger partial charge in [-0.3, -0.25) is 0 Å². The summed E-state index contributed by atoms with van der Waals surface area (Å²) in [6, 6.07) is 10.8. The van der Waals surface area contributed by atoms with Gasteiger partial charge in [0.1, 0.15) is 11.5 Å². The molecule has 0 aliphatic rings. The van der Waals surface area contributed by atoms with Crippen LogP contribution in [0.3, 0.4) is 0 Å². The first-order valence-corrected chi connectivity index (χ1v) is 8.24. The Balaban J connectivity index is 2.30. The van der Waals surface area contributed by atoms with Gasteiger partial charge in [0.25, 0.3) is 0 Å². The Morgan fingerprint density at radius 2 is 1.14 bits per heavy atom. The number of hydrogen-bond donors (Lipinski definition) is 2. The third kappa shape index (κ3) is 3.63. The van der Waals surface area contributed by atoms with Crippen molar-refractivity contribution >= 4 is 31.9 Å². The number of nitrogens with two attached hydrogens (primary N) is 2. The van der Waals surface area contributed by atoms with E-state index in [2.05, 4.69) is 31.9 Å². The lowest BCUT2D eigenvalue weighted by atomic mass is 9.94. The van der Waals surface area contributed by atoms with E-state index in [4.69, 9.17) is 20.9 Å². The van der Waals surface area contributed by atoms with Crippen LogP contribution in [0, 0.1) is 0 Å². The summed E-state index contributed by atoms with van der Waals surface area (Å²) in [5.74, 6) is 1.46. The number of rotatable bonds is 5. The van der Waals surface area contributed by atoms with Gasteiger partial charge >= 0.3 is 0 Å². The van der Waals surface area contributed by atoms with Gasteiger partial charge in [-0.25, -0.2) is 0 Å². The largest absolute Gasteiger partial charge is 0.496 e. The molecular weight excluding hydrogens is 412 g/mol. The van der Waals surface area contributed by atoms with Crippen molar-refractivity contribution in [1.29, 1.82) is 0 Å². The van der Waals surface area contributed by atoms with Crippen LogP contribution in [0.1, 0.15) is 23.2 Å². The minimum absolute atomic E-state index is 0.354. The average Bonchev–Trinajstić information content (AvgIpc) is 2.54. The zero-order valence-electron chi connectivity index (χ0n) is 12.3. The molecule has 22 heavy (non-hydrogen) atoms.